The van der Waals surface area contributed by atoms with Gasteiger partial charge in [0.1, 0.15) is 11.5 Å². The van der Waals surface area contributed by atoms with Crippen molar-refractivity contribution < 1.29 is 41.0 Å². The lowest BCUT2D eigenvalue weighted by Gasteiger charge is -2.26. The SMILES string of the molecule is COc1ccc(S(=O)(=O)N2CCOCC2)cc1NC(=O)CO/N=C\c1ccccc1OC(F)F. The molecule has 3 rings (SSSR count). The summed E-state index contributed by atoms with van der Waals surface area (Å²) in [5.74, 6) is -0.498. The van der Waals surface area contributed by atoms with Gasteiger partial charge in [-0.25, -0.2) is 8.42 Å². The van der Waals surface area contributed by atoms with Crippen molar-refractivity contribution in [3.05, 3.63) is 48.0 Å². The lowest BCUT2D eigenvalue weighted by molar-refractivity contribution is -0.120. The molecule has 0 radical (unpaired) electrons. The highest BCUT2D eigenvalue weighted by atomic mass is 32.2. The average molecular weight is 499 g/mol. The van der Waals surface area contributed by atoms with Crippen molar-refractivity contribution in [3.63, 3.8) is 0 Å². The first kappa shape index (κ1) is 25.3. The minimum atomic E-state index is -3.78. The third-order valence-corrected chi connectivity index (χ3v) is 6.54. The number of ether oxygens (including phenoxy) is 3. The number of para-hydroxylation sites is 1. The Morgan fingerprint density at radius 1 is 1.21 bits per heavy atom. The zero-order valence-corrected chi connectivity index (χ0v) is 19.0. The molecule has 1 fully saturated rings. The number of nitrogens with one attached hydrogen (secondary N) is 1. The van der Waals surface area contributed by atoms with Crippen molar-refractivity contribution in [2.75, 3.05) is 45.3 Å². The molecule has 10 nitrogen and oxygen atoms in total. The molecule has 0 unspecified atom stereocenters. The van der Waals surface area contributed by atoms with Crippen molar-refractivity contribution in [2.45, 2.75) is 11.5 Å². The maximum Gasteiger partial charge on any atom is 0.387 e. The number of alkyl halides is 2. The first-order valence-corrected chi connectivity index (χ1v) is 11.5. The number of carbonyl (C=O) groups is 1. The van der Waals surface area contributed by atoms with E-state index in [1.165, 1.54) is 47.8 Å². The summed E-state index contributed by atoms with van der Waals surface area (Å²) < 4.78 is 66.8. The van der Waals surface area contributed by atoms with Gasteiger partial charge in [-0.3, -0.25) is 4.79 Å². The summed E-state index contributed by atoms with van der Waals surface area (Å²) in [6, 6.07) is 10.0. The Hall–Kier alpha value is -3.29. The van der Waals surface area contributed by atoms with E-state index >= 15 is 0 Å². The number of amides is 1. The first-order chi connectivity index (χ1) is 16.3. The fourth-order valence-corrected chi connectivity index (χ4v) is 4.48. The summed E-state index contributed by atoms with van der Waals surface area (Å²) in [4.78, 5) is 17.2. The number of nitrogens with zero attached hydrogens (tertiary/aromatic N) is 2. The molecule has 1 saturated heterocycles. The van der Waals surface area contributed by atoms with Crippen LogP contribution in [0.1, 0.15) is 5.56 Å². The minimum Gasteiger partial charge on any atom is -0.495 e. The fraction of sp³-hybridized carbons (Fsp3) is 0.333. The number of oxime groups is 1. The second-order valence-corrected chi connectivity index (χ2v) is 8.79. The Balaban J connectivity index is 1.64. The first-order valence-electron chi connectivity index (χ1n) is 10.1. The number of rotatable bonds is 10. The third kappa shape index (κ3) is 6.62. The summed E-state index contributed by atoms with van der Waals surface area (Å²) in [5, 5.41) is 6.11. The maximum absolute atomic E-state index is 12.9. The van der Waals surface area contributed by atoms with E-state index < -0.39 is 29.1 Å². The van der Waals surface area contributed by atoms with Crippen molar-refractivity contribution in [1.82, 2.24) is 4.31 Å². The van der Waals surface area contributed by atoms with Crippen LogP contribution in [0.25, 0.3) is 0 Å². The fourth-order valence-electron chi connectivity index (χ4n) is 3.05. The topological polar surface area (TPSA) is 116 Å². The van der Waals surface area contributed by atoms with Gasteiger partial charge in [0.25, 0.3) is 5.91 Å². The molecule has 0 aromatic heterocycles. The van der Waals surface area contributed by atoms with Gasteiger partial charge in [0, 0.05) is 18.7 Å². The van der Waals surface area contributed by atoms with E-state index in [4.69, 9.17) is 14.3 Å². The van der Waals surface area contributed by atoms with Gasteiger partial charge in [0.15, 0.2) is 6.61 Å². The van der Waals surface area contributed by atoms with E-state index in [1.807, 2.05) is 0 Å². The summed E-state index contributed by atoms with van der Waals surface area (Å²) in [6.45, 7) is -2.47. The molecule has 2 aromatic rings. The number of halogens is 2. The third-order valence-electron chi connectivity index (χ3n) is 4.65. The molecule has 1 heterocycles. The highest BCUT2D eigenvalue weighted by Gasteiger charge is 2.27. The molecule has 1 aliphatic rings. The summed E-state index contributed by atoms with van der Waals surface area (Å²) >= 11 is 0. The molecule has 0 spiro atoms. The van der Waals surface area contributed by atoms with Gasteiger partial charge in [-0.1, -0.05) is 17.3 Å². The van der Waals surface area contributed by atoms with Gasteiger partial charge < -0.3 is 24.4 Å². The molecular formula is C21H23F2N3O7S. The molecule has 0 saturated carbocycles. The molecule has 13 heteroatoms. The van der Waals surface area contributed by atoms with Crippen LogP contribution in [0.3, 0.4) is 0 Å². The summed E-state index contributed by atoms with van der Waals surface area (Å²) in [7, 11) is -2.41. The highest BCUT2D eigenvalue weighted by molar-refractivity contribution is 7.89. The zero-order valence-electron chi connectivity index (χ0n) is 18.1. The van der Waals surface area contributed by atoms with Gasteiger partial charge >= 0.3 is 6.61 Å². The predicted molar refractivity (Wildman–Crippen MR) is 118 cm³/mol. The van der Waals surface area contributed by atoms with Crippen LogP contribution in [0, 0.1) is 0 Å². The predicted octanol–water partition coefficient (Wildman–Crippen LogP) is 2.31. The molecule has 0 atom stereocenters. The van der Waals surface area contributed by atoms with E-state index in [1.54, 1.807) is 6.07 Å². The lowest BCUT2D eigenvalue weighted by atomic mass is 10.2. The van der Waals surface area contributed by atoms with Crippen LogP contribution in [0.15, 0.2) is 52.5 Å². The van der Waals surface area contributed by atoms with Crippen LogP contribution < -0.4 is 14.8 Å². The number of carbonyl (C=O) groups excluding carboxylic acids is 1. The number of anilines is 1. The molecule has 1 aliphatic heterocycles. The van der Waals surface area contributed by atoms with E-state index in [0.29, 0.717) is 13.2 Å². The second kappa shape index (κ2) is 11.7. The van der Waals surface area contributed by atoms with Crippen LogP contribution >= 0.6 is 0 Å². The normalized spacial score (nSPS) is 14.8. The Morgan fingerprint density at radius 2 is 1.94 bits per heavy atom. The van der Waals surface area contributed by atoms with Crippen molar-refractivity contribution in [1.29, 1.82) is 0 Å². The summed E-state index contributed by atoms with van der Waals surface area (Å²) in [5.41, 5.74) is 0.357. The van der Waals surface area contributed by atoms with Gasteiger partial charge in [-0.05, 0) is 30.3 Å². The second-order valence-electron chi connectivity index (χ2n) is 6.85. The maximum atomic E-state index is 12.9. The lowest BCUT2D eigenvalue weighted by Crippen LogP contribution is -2.40. The molecule has 34 heavy (non-hydrogen) atoms. The zero-order chi connectivity index (χ0) is 24.6. The number of sulfonamides is 1. The standard InChI is InChI=1S/C21H23F2N3O7S/c1-30-19-7-6-16(34(28,29)26-8-10-31-11-9-26)12-17(19)25-20(27)14-32-24-13-15-4-2-3-5-18(15)33-21(22)23/h2-7,12-13,21H,8-11,14H2,1H3,(H,25,27)/b24-13-. The quantitative estimate of drug-likeness (QED) is 0.394. The molecule has 1 amide bonds. The van der Waals surface area contributed by atoms with Gasteiger partial charge in [0.05, 0.1) is 37.1 Å². The molecule has 0 aliphatic carbocycles. The van der Waals surface area contributed by atoms with Crippen molar-refractivity contribution >= 4 is 27.8 Å². The minimum absolute atomic E-state index is 0.0138. The monoisotopic (exact) mass is 499 g/mol. The highest BCUT2D eigenvalue weighted by Crippen LogP contribution is 2.29. The average Bonchev–Trinajstić information content (AvgIpc) is 2.83. The Labute approximate surface area is 195 Å². The van der Waals surface area contributed by atoms with Gasteiger partial charge in [0.2, 0.25) is 10.0 Å². The van der Waals surface area contributed by atoms with Crippen LogP contribution in [-0.4, -0.2) is 71.5 Å². The molecule has 184 valence electrons. The Morgan fingerprint density at radius 3 is 2.65 bits per heavy atom. The number of hydrogen-bond acceptors (Lipinski definition) is 8. The van der Waals surface area contributed by atoms with Crippen molar-refractivity contribution in [3.8, 4) is 11.5 Å². The van der Waals surface area contributed by atoms with Gasteiger partial charge in [-0.2, -0.15) is 13.1 Å². The largest absolute Gasteiger partial charge is 0.495 e. The Bertz CT molecular complexity index is 1120. The molecular weight excluding hydrogens is 476 g/mol. The van der Waals surface area contributed by atoms with Crippen LogP contribution in [0.4, 0.5) is 14.5 Å². The van der Waals surface area contributed by atoms with Crippen LogP contribution in [-0.2, 0) is 24.4 Å². The smallest absolute Gasteiger partial charge is 0.387 e. The van der Waals surface area contributed by atoms with Crippen molar-refractivity contribution in [2.24, 2.45) is 5.16 Å². The molecule has 1 N–H and O–H groups in total. The number of benzene rings is 2. The molecule has 0 bridgehead atoms. The van der Waals surface area contributed by atoms with E-state index in [2.05, 4.69) is 15.2 Å². The number of methoxy groups -OCH3 is 1. The Kier molecular flexibility index (Phi) is 8.73. The number of morpholine rings is 1. The van der Waals surface area contributed by atoms with Crippen LogP contribution in [0.5, 0.6) is 11.5 Å². The van der Waals surface area contributed by atoms with Gasteiger partial charge in [-0.15, -0.1) is 0 Å². The summed E-state index contributed by atoms with van der Waals surface area (Å²) in [6.07, 6.45) is 1.13. The van der Waals surface area contributed by atoms with E-state index in [9.17, 15) is 22.0 Å². The van der Waals surface area contributed by atoms with Crippen LogP contribution in [0.2, 0.25) is 0 Å². The number of hydrogen-bond donors (Lipinski definition) is 1. The molecule has 2 aromatic carbocycles. The van der Waals surface area contributed by atoms with E-state index in [0.717, 1.165) is 6.21 Å². The van der Waals surface area contributed by atoms with E-state index in [-0.39, 0.29) is 40.7 Å².